The number of aromatic amines is 1. The maximum atomic E-state index is 12.2. The summed E-state index contributed by atoms with van der Waals surface area (Å²) in [4.78, 5) is 15.5. The van der Waals surface area contributed by atoms with Crippen molar-refractivity contribution in [1.29, 1.82) is 0 Å². The van der Waals surface area contributed by atoms with E-state index in [9.17, 15) is 4.79 Å². The second kappa shape index (κ2) is 4.70. The van der Waals surface area contributed by atoms with Crippen molar-refractivity contribution >= 4 is 22.4 Å². The van der Waals surface area contributed by atoms with Crippen molar-refractivity contribution in [2.45, 2.75) is 44.4 Å². The lowest BCUT2D eigenvalue weighted by Gasteiger charge is -2.08. The first-order valence-electron chi connectivity index (χ1n) is 7.15. The fourth-order valence-electron chi connectivity index (χ4n) is 2.67. The molecule has 5 nitrogen and oxygen atoms in total. The van der Waals surface area contributed by atoms with Crippen molar-refractivity contribution in [2.24, 2.45) is 0 Å². The van der Waals surface area contributed by atoms with Gasteiger partial charge < -0.3 is 4.98 Å². The molecule has 0 aromatic carbocycles. The number of aryl methyl sites for hydroxylation is 2. The number of carbonyl (C=O) groups excluding carboxylic acids is 1. The number of carbonyl (C=O) groups is 1. The van der Waals surface area contributed by atoms with Gasteiger partial charge in [0.25, 0.3) is 5.91 Å². The average molecular weight is 288 g/mol. The number of hydrogen-bond acceptors (Lipinski definition) is 4. The molecule has 0 radical (unpaired) electrons. The summed E-state index contributed by atoms with van der Waals surface area (Å²) in [7, 11) is 0. The van der Waals surface area contributed by atoms with Gasteiger partial charge in [0.15, 0.2) is 0 Å². The number of rotatable bonds is 3. The Morgan fingerprint density at radius 2 is 2.15 bits per heavy atom. The van der Waals surface area contributed by atoms with Crippen LogP contribution in [0.25, 0.3) is 0 Å². The number of H-pyrrole nitrogens is 1. The molecule has 4 rings (SSSR count). The minimum absolute atomic E-state index is 0.113. The summed E-state index contributed by atoms with van der Waals surface area (Å²) in [6, 6.07) is 1.98. The second-order valence-electron chi connectivity index (χ2n) is 5.57. The van der Waals surface area contributed by atoms with E-state index < -0.39 is 0 Å². The van der Waals surface area contributed by atoms with Gasteiger partial charge in [-0.1, -0.05) is 11.3 Å². The molecule has 20 heavy (non-hydrogen) atoms. The molecule has 0 unspecified atom stereocenters. The Morgan fingerprint density at radius 1 is 1.30 bits per heavy atom. The van der Waals surface area contributed by atoms with Crippen molar-refractivity contribution in [3.05, 3.63) is 28.0 Å². The van der Waals surface area contributed by atoms with Crippen LogP contribution in [0, 0.1) is 0 Å². The highest BCUT2D eigenvalue weighted by molar-refractivity contribution is 7.15. The smallest absolute Gasteiger partial charge is 0.273 e. The summed E-state index contributed by atoms with van der Waals surface area (Å²) in [5.41, 5.74) is 3.15. The number of nitrogens with one attached hydrogen (secondary N) is 2. The molecule has 0 spiro atoms. The number of aromatic nitrogens is 3. The third kappa shape index (κ3) is 2.24. The molecular weight excluding hydrogens is 272 g/mol. The molecule has 1 saturated carbocycles. The summed E-state index contributed by atoms with van der Waals surface area (Å²) in [5.74, 6) is 0.467. The second-order valence-corrected chi connectivity index (χ2v) is 6.58. The Kier molecular flexibility index (Phi) is 2.84. The highest BCUT2D eigenvalue weighted by atomic mass is 32.1. The molecule has 1 fully saturated rings. The largest absolute Gasteiger partial charge is 0.354 e. The molecule has 0 atom stereocenters. The predicted molar refractivity (Wildman–Crippen MR) is 77.3 cm³/mol. The number of anilines is 1. The highest BCUT2D eigenvalue weighted by Gasteiger charge is 2.28. The summed E-state index contributed by atoms with van der Waals surface area (Å²) < 4.78 is 0. The molecular formula is C14H16N4OS. The normalized spacial score (nSPS) is 17.8. The fraction of sp³-hybridized carbons (Fsp3) is 0.500. The molecule has 0 saturated heterocycles. The number of fused-ring (bicyclic) bond motifs is 1. The van der Waals surface area contributed by atoms with Gasteiger partial charge in [0, 0.05) is 11.6 Å². The van der Waals surface area contributed by atoms with Gasteiger partial charge in [-0.2, -0.15) is 0 Å². The van der Waals surface area contributed by atoms with Crippen molar-refractivity contribution in [1.82, 2.24) is 15.2 Å². The lowest BCUT2D eigenvalue weighted by atomic mass is 9.98. The van der Waals surface area contributed by atoms with Crippen molar-refractivity contribution in [3.8, 4) is 0 Å². The number of amides is 1. The number of nitrogens with zero attached hydrogens (tertiary/aromatic N) is 2. The Morgan fingerprint density at radius 3 is 2.95 bits per heavy atom. The van der Waals surface area contributed by atoms with Gasteiger partial charge in [-0.3, -0.25) is 10.1 Å². The maximum absolute atomic E-state index is 12.2. The van der Waals surface area contributed by atoms with Crippen LogP contribution in [0.3, 0.4) is 0 Å². The van der Waals surface area contributed by atoms with Gasteiger partial charge in [-0.15, -0.1) is 10.2 Å². The topological polar surface area (TPSA) is 70.7 Å². The minimum Gasteiger partial charge on any atom is -0.354 e. The zero-order valence-corrected chi connectivity index (χ0v) is 11.9. The van der Waals surface area contributed by atoms with Gasteiger partial charge in [0.05, 0.1) is 0 Å². The molecule has 2 aromatic heterocycles. The van der Waals surface area contributed by atoms with Gasteiger partial charge in [0.1, 0.15) is 10.7 Å². The third-order valence-corrected chi connectivity index (χ3v) is 4.95. The monoisotopic (exact) mass is 288 g/mol. The lowest BCUT2D eigenvalue weighted by molar-refractivity contribution is 0.102. The lowest BCUT2D eigenvalue weighted by Crippen LogP contribution is -2.12. The van der Waals surface area contributed by atoms with Crippen LogP contribution in [-0.2, 0) is 12.8 Å². The molecule has 2 heterocycles. The summed E-state index contributed by atoms with van der Waals surface area (Å²) >= 11 is 1.49. The molecule has 1 amide bonds. The van der Waals surface area contributed by atoms with E-state index >= 15 is 0 Å². The first-order chi connectivity index (χ1) is 9.79. The van der Waals surface area contributed by atoms with E-state index in [1.807, 2.05) is 6.07 Å². The van der Waals surface area contributed by atoms with E-state index in [1.165, 1.54) is 48.3 Å². The fourth-order valence-corrected chi connectivity index (χ4v) is 3.58. The zero-order valence-electron chi connectivity index (χ0n) is 11.1. The minimum atomic E-state index is -0.113. The molecule has 0 bridgehead atoms. The molecule has 2 aliphatic carbocycles. The van der Waals surface area contributed by atoms with Crippen LogP contribution in [0.4, 0.5) is 5.13 Å². The van der Waals surface area contributed by atoms with E-state index in [-0.39, 0.29) is 5.91 Å². The summed E-state index contributed by atoms with van der Waals surface area (Å²) in [6.45, 7) is 0. The maximum Gasteiger partial charge on any atom is 0.273 e. The van der Waals surface area contributed by atoms with Crippen molar-refractivity contribution < 1.29 is 4.79 Å². The first-order valence-corrected chi connectivity index (χ1v) is 7.97. The van der Waals surface area contributed by atoms with E-state index in [2.05, 4.69) is 20.5 Å². The van der Waals surface area contributed by atoms with Gasteiger partial charge in [-0.05, 0) is 50.2 Å². The van der Waals surface area contributed by atoms with Gasteiger partial charge in [0.2, 0.25) is 5.13 Å². The Labute approximate surface area is 120 Å². The molecule has 2 N–H and O–H groups in total. The zero-order chi connectivity index (χ0) is 13.5. The van der Waals surface area contributed by atoms with Crippen LogP contribution in [0.2, 0.25) is 0 Å². The van der Waals surface area contributed by atoms with Crippen molar-refractivity contribution in [2.75, 3.05) is 5.32 Å². The van der Waals surface area contributed by atoms with Crippen molar-refractivity contribution in [3.63, 3.8) is 0 Å². The van der Waals surface area contributed by atoms with E-state index in [0.29, 0.717) is 16.7 Å². The first kappa shape index (κ1) is 12.1. The number of hydrogen-bond donors (Lipinski definition) is 2. The summed E-state index contributed by atoms with van der Waals surface area (Å²) in [5, 5.41) is 12.7. The quantitative estimate of drug-likeness (QED) is 0.912. The van der Waals surface area contributed by atoms with Crippen LogP contribution in [-0.4, -0.2) is 21.1 Å². The summed E-state index contributed by atoms with van der Waals surface area (Å²) in [6.07, 6.45) is 6.94. The highest BCUT2D eigenvalue weighted by Crippen LogP contribution is 2.42. The van der Waals surface area contributed by atoms with E-state index in [4.69, 9.17) is 0 Å². The average Bonchev–Trinajstić information content (AvgIpc) is 3.04. The molecule has 104 valence electrons. The van der Waals surface area contributed by atoms with Gasteiger partial charge >= 0.3 is 0 Å². The molecule has 0 aliphatic heterocycles. The van der Waals surface area contributed by atoms with E-state index in [0.717, 1.165) is 17.8 Å². The predicted octanol–water partition coefficient (Wildman–Crippen LogP) is 2.87. The van der Waals surface area contributed by atoms with Crippen LogP contribution in [0.15, 0.2) is 6.07 Å². The van der Waals surface area contributed by atoms with Crippen LogP contribution >= 0.6 is 11.3 Å². The molecule has 2 aromatic rings. The van der Waals surface area contributed by atoms with Gasteiger partial charge in [-0.25, -0.2) is 0 Å². The molecule has 6 heteroatoms. The van der Waals surface area contributed by atoms with Crippen LogP contribution in [0.1, 0.15) is 58.4 Å². The molecule has 2 aliphatic rings. The Hall–Kier alpha value is -1.69. The van der Waals surface area contributed by atoms with Crippen LogP contribution < -0.4 is 5.32 Å². The van der Waals surface area contributed by atoms with E-state index in [1.54, 1.807) is 0 Å². The Balaban J connectivity index is 1.49. The SMILES string of the molecule is O=C(Nc1nnc(C2CC2)s1)c1cc2c([nH]1)CCCC2. The third-order valence-electron chi connectivity index (χ3n) is 3.95. The Bertz CT molecular complexity index is 632. The standard InChI is InChI=1S/C14H16N4OS/c19-12(11-7-9-3-1-2-4-10(9)15-11)16-14-18-17-13(20-14)8-5-6-8/h7-8,15H,1-6H2,(H,16,18,19). The van der Waals surface area contributed by atoms with Crippen LogP contribution in [0.5, 0.6) is 0 Å².